The van der Waals surface area contributed by atoms with Crippen molar-refractivity contribution in [1.82, 2.24) is 0 Å². The largest absolute Gasteiger partial charge is 0.321 e. The van der Waals surface area contributed by atoms with E-state index in [0.717, 1.165) is 41.3 Å². The van der Waals surface area contributed by atoms with E-state index in [2.05, 4.69) is 15.9 Å². The first-order valence-electron chi connectivity index (χ1n) is 5.78. The standard InChI is InChI=1S/C13H17BrFN/c1-9-11(7-10(15)8-12(9)14)13(16)5-3-2-4-6-13/h7-8H,2-6,16H2,1H3. The van der Waals surface area contributed by atoms with Crippen LogP contribution in [0.5, 0.6) is 0 Å². The second kappa shape index (κ2) is 4.46. The lowest BCUT2D eigenvalue weighted by Gasteiger charge is -2.35. The molecular weight excluding hydrogens is 269 g/mol. The maximum Gasteiger partial charge on any atom is 0.124 e. The van der Waals surface area contributed by atoms with Crippen molar-refractivity contribution in [2.75, 3.05) is 0 Å². The zero-order chi connectivity index (χ0) is 11.8. The summed E-state index contributed by atoms with van der Waals surface area (Å²) in [6, 6.07) is 3.11. The smallest absolute Gasteiger partial charge is 0.124 e. The number of hydrogen-bond donors (Lipinski definition) is 1. The molecule has 3 heteroatoms. The first-order valence-corrected chi connectivity index (χ1v) is 6.57. The average Bonchev–Trinajstić information content (AvgIpc) is 2.24. The molecule has 16 heavy (non-hydrogen) atoms. The minimum atomic E-state index is -0.326. The van der Waals surface area contributed by atoms with Crippen molar-refractivity contribution in [2.24, 2.45) is 5.73 Å². The van der Waals surface area contributed by atoms with E-state index in [1.165, 1.54) is 12.5 Å². The highest BCUT2D eigenvalue weighted by molar-refractivity contribution is 9.10. The van der Waals surface area contributed by atoms with Crippen LogP contribution in [-0.2, 0) is 5.54 Å². The Labute approximate surface area is 104 Å². The molecule has 0 saturated heterocycles. The molecule has 1 aromatic rings. The van der Waals surface area contributed by atoms with Crippen molar-refractivity contribution in [3.8, 4) is 0 Å². The molecule has 0 aliphatic heterocycles. The molecule has 0 radical (unpaired) electrons. The summed E-state index contributed by atoms with van der Waals surface area (Å²) in [7, 11) is 0. The third kappa shape index (κ3) is 2.16. The van der Waals surface area contributed by atoms with Crippen LogP contribution in [0.3, 0.4) is 0 Å². The van der Waals surface area contributed by atoms with E-state index >= 15 is 0 Å². The number of nitrogens with two attached hydrogens (primary N) is 1. The normalized spacial score (nSPS) is 19.8. The minimum Gasteiger partial charge on any atom is -0.321 e. The van der Waals surface area contributed by atoms with Crippen LogP contribution in [0, 0.1) is 12.7 Å². The lowest BCUT2D eigenvalue weighted by atomic mass is 9.76. The molecule has 0 bridgehead atoms. The van der Waals surface area contributed by atoms with Gasteiger partial charge < -0.3 is 5.73 Å². The molecule has 0 unspecified atom stereocenters. The van der Waals surface area contributed by atoms with Crippen LogP contribution in [-0.4, -0.2) is 0 Å². The Bertz CT molecular complexity index is 397. The molecule has 1 fully saturated rings. The van der Waals surface area contributed by atoms with Crippen molar-refractivity contribution in [3.63, 3.8) is 0 Å². The molecule has 1 aliphatic rings. The summed E-state index contributed by atoms with van der Waals surface area (Å²) in [6.45, 7) is 2.00. The number of benzene rings is 1. The van der Waals surface area contributed by atoms with Crippen LogP contribution in [0.2, 0.25) is 0 Å². The third-order valence-corrected chi connectivity index (χ3v) is 4.41. The summed E-state index contributed by atoms with van der Waals surface area (Å²) in [5.74, 6) is -0.206. The van der Waals surface area contributed by atoms with E-state index in [9.17, 15) is 4.39 Å². The summed E-state index contributed by atoms with van der Waals surface area (Å²) in [6.07, 6.45) is 5.45. The van der Waals surface area contributed by atoms with E-state index in [0.29, 0.717) is 0 Å². The van der Waals surface area contributed by atoms with Gasteiger partial charge in [0.05, 0.1) is 0 Å². The zero-order valence-corrected chi connectivity index (χ0v) is 11.1. The maximum atomic E-state index is 13.4. The van der Waals surface area contributed by atoms with E-state index < -0.39 is 0 Å². The fraction of sp³-hybridized carbons (Fsp3) is 0.538. The first-order chi connectivity index (χ1) is 7.53. The van der Waals surface area contributed by atoms with Gasteiger partial charge in [0.15, 0.2) is 0 Å². The number of halogens is 2. The third-order valence-electron chi connectivity index (χ3n) is 3.59. The maximum absolute atomic E-state index is 13.4. The molecular formula is C13H17BrFN. The lowest BCUT2D eigenvalue weighted by Crippen LogP contribution is -2.39. The van der Waals surface area contributed by atoms with Crippen LogP contribution in [0.1, 0.15) is 43.2 Å². The van der Waals surface area contributed by atoms with Gasteiger partial charge >= 0.3 is 0 Å². The molecule has 0 atom stereocenters. The number of rotatable bonds is 1. The predicted octanol–water partition coefficient (Wildman–Crippen LogP) is 4.01. The van der Waals surface area contributed by atoms with Gasteiger partial charge in [-0.15, -0.1) is 0 Å². The second-order valence-electron chi connectivity index (χ2n) is 4.78. The molecule has 0 spiro atoms. The fourth-order valence-electron chi connectivity index (χ4n) is 2.61. The van der Waals surface area contributed by atoms with Gasteiger partial charge in [0.2, 0.25) is 0 Å². The molecule has 1 aromatic carbocycles. The second-order valence-corrected chi connectivity index (χ2v) is 5.63. The van der Waals surface area contributed by atoms with Crippen LogP contribution < -0.4 is 5.73 Å². The highest BCUT2D eigenvalue weighted by Crippen LogP contribution is 2.38. The van der Waals surface area contributed by atoms with Crippen LogP contribution in [0.15, 0.2) is 16.6 Å². The Morgan fingerprint density at radius 3 is 2.50 bits per heavy atom. The van der Waals surface area contributed by atoms with Gasteiger partial charge in [-0.1, -0.05) is 35.2 Å². The SMILES string of the molecule is Cc1c(Br)cc(F)cc1C1(N)CCCCC1. The quantitative estimate of drug-likeness (QED) is 0.829. The number of hydrogen-bond acceptors (Lipinski definition) is 1. The van der Waals surface area contributed by atoms with Gasteiger partial charge in [0.1, 0.15) is 5.82 Å². The van der Waals surface area contributed by atoms with Crippen molar-refractivity contribution in [2.45, 2.75) is 44.6 Å². The average molecular weight is 286 g/mol. The Hall–Kier alpha value is -0.410. The summed E-state index contributed by atoms with van der Waals surface area (Å²) in [5, 5.41) is 0. The fourth-order valence-corrected chi connectivity index (χ4v) is 3.05. The molecule has 0 heterocycles. The summed E-state index contributed by atoms with van der Waals surface area (Å²) in [4.78, 5) is 0. The molecule has 2 N–H and O–H groups in total. The van der Waals surface area contributed by atoms with Gasteiger partial charge in [0.25, 0.3) is 0 Å². The van der Waals surface area contributed by atoms with E-state index in [-0.39, 0.29) is 11.4 Å². The van der Waals surface area contributed by atoms with E-state index in [4.69, 9.17) is 5.73 Å². The van der Waals surface area contributed by atoms with Crippen molar-refractivity contribution in [1.29, 1.82) is 0 Å². The zero-order valence-electron chi connectivity index (χ0n) is 9.52. The molecule has 1 saturated carbocycles. The van der Waals surface area contributed by atoms with Crippen LogP contribution in [0.25, 0.3) is 0 Å². The van der Waals surface area contributed by atoms with Gasteiger partial charge in [-0.05, 0) is 43.0 Å². The summed E-state index contributed by atoms with van der Waals surface area (Å²) in [5.41, 5.74) is 8.15. The summed E-state index contributed by atoms with van der Waals surface area (Å²) < 4.78 is 14.3. The lowest BCUT2D eigenvalue weighted by molar-refractivity contribution is 0.300. The van der Waals surface area contributed by atoms with Gasteiger partial charge in [-0.3, -0.25) is 0 Å². The Balaban J connectivity index is 2.45. The van der Waals surface area contributed by atoms with E-state index in [1.54, 1.807) is 6.07 Å². The van der Waals surface area contributed by atoms with Gasteiger partial charge in [-0.25, -0.2) is 4.39 Å². The van der Waals surface area contributed by atoms with Gasteiger partial charge in [0, 0.05) is 10.0 Å². The molecule has 0 aromatic heterocycles. The summed E-state index contributed by atoms with van der Waals surface area (Å²) >= 11 is 3.39. The molecule has 2 rings (SSSR count). The van der Waals surface area contributed by atoms with E-state index in [1.807, 2.05) is 6.92 Å². The molecule has 1 nitrogen and oxygen atoms in total. The Morgan fingerprint density at radius 2 is 1.88 bits per heavy atom. The van der Waals surface area contributed by atoms with Crippen LogP contribution in [0.4, 0.5) is 4.39 Å². The predicted molar refractivity (Wildman–Crippen MR) is 67.8 cm³/mol. The van der Waals surface area contributed by atoms with Crippen LogP contribution >= 0.6 is 15.9 Å². The molecule has 0 amide bonds. The van der Waals surface area contributed by atoms with Crippen molar-refractivity contribution < 1.29 is 4.39 Å². The van der Waals surface area contributed by atoms with Crippen molar-refractivity contribution in [3.05, 3.63) is 33.5 Å². The molecule has 1 aliphatic carbocycles. The Kier molecular flexibility index (Phi) is 3.36. The molecule has 88 valence electrons. The Morgan fingerprint density at radius 1 is 1.25 bits per heavy atom. The highest BCUT2D eigenvalue weighted by Gasteiger charge is 2.31. The van der Waals surface area contributed by atoms with Crippen molar-refractivity contribution >= 4 is 15.9 Å². The monoisotopic (exact) mass is 285 g/mol. The highest BCUT2D eigenvalue weighted by atomic mass is 79.9. The topological polar surface area (TPSA) is 26.0 Å². The first kappa shape index (κ1) is 12.1. The minimum absolute atomic E-state index is 0.206. The van der Waals surface area contributed by atoms with Gasteiger partial charge in [-0.2, -0.15) is 0 Å².